The van der Waals surface area contributed by atoms with E-state index in [0.29, 0.717) is 13.1 Å². The molecular weight excluding hydrogens is 347 g/mol. The Morgan fingerprint density at radius 1 is 0.815 bits per heavy atom. The molecule has 0 spiro atoms. The molecule has 1 nitrogen and oxygen atoms in total. The Kier molecular flexibility index (Phi) is 8.42. The molecule has 0 aliphatic carbocycles. The molecule has 0 aromatic heterocycles. The van der Waals surface area contributed by atoms with Crippen LogP contribution in [0.5, 0.6) is 0 Å². The molecule has 2 rings (SSSR count). The van der Waals surface area contributed by atoms with Gasteiger partial charge in [-0.1, -0.05) is 62.3 Å². The summed E-state index contributed by atoms with van der Waals surface area (Å²) in [5.74, 6) is 6.40. The van der Waals surface area contributed by atoms with Crippen molar-refractivity contribution in [3.8, 4) is 11.8 Å². The molecule has 0 fully saturated rings. The second kappa shape index (κ2) is 10.8. The predicted molar refractivity (Wildman–Crippen MR) is 104 cm³/mol. The number of alkyl halides is 3. The summed E-state index contributed by atoms with van der Waals surface area (Å²) in [6.07, 6.45) is 1.57. The van der Waals surface area contributed by atoms with Crippen LogP contribution in [0.25, 0.3) is 0 Å². The standard InChI is InChI=1S/C23H26F3N/c1-2-3-4-5-6-7-8-19-9-11-20(12-10-19)17-27-18-21-13-15-22(16-14-21)23(24,25)26/h9-16,27H,2-6,17-18H2,1H3. The van der Waals surface area contributed by atoms with E-state index < -0.39 is 11.7 Å². The van der Waals surface area contributed by atoms with Crippen molar-refractivity contribution in [2.45, 2.75) is 58.3 Å². The van der Waals surface area contributed by atoms with Gasteiger partial charge in [0, 0.05) is 25.1 Å². The monoisotopic (exact) mass is 373 g/mol. The Hall–Kier alpha value is -2.25. The third-order valence-electron chi connectivity index (χ3n) is 4.28. The van der Waals surface area contributed by atoms with Crippen LogP contribution in [-0.2, 0) is 19.3 Å². The van der Waals surface area contributed by atoms with Crippen LogP contribution in [-0.4, -0.2) is 0 Å². The molecular formula is C23H26F3N. The third kappa shape index (κ3) is 7.88. The van der Waals surface area contributed by atoms with Crippen molar-refractivity contribution in [2.24, 2.45) is 0 Å². The van der Waals surface area contributed by atoms with Crippen molar-refractivity contribution in [1.29, 1.82) is 0 Å². The van der Waals surface area contributed by atoms with Crippen molar-refractivity contribution >= 4 is 0 Å². The highest BCUT2D eigenvalue weighted by Gasteiger charge is 2.29. The SMILES string of the molecule is CCCCCCC#Cc1ccc(CNCc2ccc(C(F)(F)F)cc2)cc1. The highest BCUT2D eigenvalue weighted by molar-refractivity contribution is 5.36. The molecule has 0 saturated heterocycles. The van der Waals surface area contributed by atoms with E-state index in [-0.39, 0.29) is 0 Å². The van der Waals surface area contributed by atoms with Crippen LogP contribution in [0.1, 0.15) is 61.3 Å². The predicted octanol–water partition coefficient (Wildman–Crippen LogP) is 6.32. The van der Waals surface area contributed by atoms with Crippen LogP contribution in [0.3, 0.4) is 0 Å². The Morgan fingerprint density at radius 2 is 1.41 bits per heavy atom. The molecule has 144 valence electrons. The minimum Gasteiger partial charge on any atom is -0.309 e. The van der Waals surface area contributed by atoms with Crippen LogP contribution in [0, 0.1) is 11.8 Å². The molecule has 2 aromatic rings. The van der Waals surface area contributed by atoms with Gasteiger partial charge in [0.15, 0.2) is 0 Å². The van der Waals surface area contributed by atoms with Crippen molar-refractivity contribution < 1.29 is 13.2 Å². The fourth-order valence-corrected chi connectivity index (χ4v) is 2.67. The normalized spacial score (nSPS) is 11.1. The van der Waals surface area contributed by atoms with E-state index in [1.54, 1.807) is 0 Å². The number of hydrogen-bond acceptors (Lipinski definition) is 1. The maximum absolute atomic E-state index is 12.5. The molecule has 0 aliphatic heterocycles. The van der Waals surface area contributed by atoms with E-state index in [4.69, 9.17) is 0 Å². The topological polar surface area (TPSA) is 12.0 Å². The first-order chi connectivity index (χ1) is 13.0. The minimum absolute atomic E-state index is 0.525. The summed E-state index contributed by atoms with van der Waals surface area (Å²) in [6, 6.07) is 13.3. The van der Waals surface area contributed by atoms with Crippen LogP contribution < -0.4 is 5.32 Å². The zero-order valence-corrected chi connectivity index (χ0v) is 15.7. The van der Waals surface area contributed by atoms with Gasteiger partial charge < -0.3 is 5.32 Å². The lowest BCUT2D eigenvalue weighted by atomic mass is 10.1. The number of halogens is 3. The maximum atomic E-state index is 12.5. The van der Waals surface area contributed by atoms with Crippen molar-refractivity contribution in [2.75, 3.05) is 0 Å². The zero-order chi connectivity index (χ0) is 19.5. The lowest BCUT2D eigenvalue weighted by Crippen LogP contribution is -2.13. The summed E-state index contributed by atoms with van der Waals surface area (Å²) in [5, 5.41) is 3.25. The molecule has 0 heterocycles. The average molecular weight is 373 g/mol. The zero-order valence-electron chi connectivity index (χ0n) is 15.7. The fourth-order valence-electron chi connectivity index (χ4n) is 2.67. The lowest BCUT2D eigenvalue weighted by Gasteiger charge is -2.08. The Balaban J connectivity index is 1.74. The van der Waals surface area contributed by atoms with Crippen molar-refractivity contribution in [3.05, 3.63) is 70.8 Å². The lowest BCUT2D eigenvalue weighted by molar-refractivity contribution is -0.137. The van der Waals surface area contributed by atoms with Gasteiger partial charge in [0.25, 0.3) is 0 Å². The molecule has 0 amide bonds. The van der Waals surface area contributed by atoms with Crippen molar-refractivity contribution in [1.82, 2.24) is 5.32 Å². The second-order valence-corrected chi connectivity index (χ2v) is 6.61. The van der Waals surface area contributed by atoms with Gasteiger partial charge >= 0.3 is 6.18 Å². The van der Waals surface area contributed by atoms with E-state index >= 15 is 0 Å². The van der Waals surface area contributed by atoms with Gasteiger partial charge in [-0.25, -0.2) is 0 Å². The Labute approximate surface area is 160 Å². The molecule has 4 heteroatoms. The van der Waals surface area contributed by atoms with Crippen LogP contribution in [0.4, 0.5) is 13.2 Å². The molecule has 0 aliphatic rings. The first kappa shape index (κ1) is 21.1. The molecule has 2 aromatic carbocycles. The highest BCUT2D eigenvalue weighted by atomic mass is 19.4. The van der Waals surface area contributed by atoms with Gasteiger partial charge in [0.1, 0.15) is 0 Å². The number of benzene rings is 2. The van der Waals surface area contributed by atoms with Gasteiger partial charge in [0.05, 0.1) is 5.56 Å². The first-order valence-corrected chi connectivity index (χ1v) is 9.43. The van der Waals surface area contributed by atoms with E-state index in [0.717, 1.165) is 41.7 Å². The summed E-state index contributed by atoms with van der Waals surface area (Å²) in [7, 11) is 0. The number of hydrogen-bond donors (Lipinski definition) is 1. The number of unbranched alkanes of at least 4 members (excludes halogenated alkanes) is 4. The summed E-state index contributed by atoms with van der Waals surface area (Å²) >= 11 is 0. The van der Waals surface area contributed by atoms with Crippen molar-refractivity contribution in [3.63, 3.8) is 0 Å². The summed E-state index contributed by atoms with van der Waals surface area (Å²) < 4.78 is 37.6. The number of rotatable bonds is 8. The molecule has 27 heavy (non-hydrogen) atoms. The van der Waals surface area contributed by atoms with Gasteiger partial charge in [0.2, 0.25) is 0 Å². The average Bonchev–Trinajstić information content (AvgIpc) is 2.65. The molecule has 1 N–H and O–H groups in total. The molecule has 0 radical (unpaired) electrons. The molecule has 0 atom stereocenters. The van der Waals surface area contributed by atoms with E-state index in [2.05, 4.69) is 24.1 Å². The van der Waals surface area contributed by atoms with E-state index in [9.17, 15) is 13.2 Å². The quantitative estimate of drug-likeness (QED) is 0.422. The summed E-state index contributed by atoms with van der Waals surface area (Å²) in [4.78, 5) is 0. The van der Waals surface area contributed by atoms with Crippen LogP contribution >= 0.6 is 0 Å². The Morgan fingerprint density at radius 3 is 1.96 bits per heavy atom. The van der Waals surface area contributed by atoms with Crippen LogP contribution in [0.2, 0.25) is 0 Å². The highest BCUT2D eigenvalue weighted by Crippen LogP contribution is 2.29. The molecule has 0 bridgehead atoms. The largest absolute Gasteiger partial charge is 0.416 e. The van der Waals surface area contributed by atoms with Gasteiger partial charge in [-0.15, -0.1) is 0 Å². The fraction of sp³-hybridized carbons (Fsp3) is 0.391. The second-order valence-electron chi connectivity index (χ2n) is 6.61. The van der Waals surface area contributed by atoms with Crippen LogP contribution in [0.15, 0.2) is 48.5 Å². The van der Waals surface area contributed by atoms with Gasteiger partial charge in [-0.3, -0.25) is 0 Å². The maximum Gasteiger partial charge on any atom is 0.416 e. The third-order valence-corrected chi connectivity index (χ3v) is 4.28. The first-order valence-electron chi connectivity index (χ1n) is 9.43. The number of nitrogens with one attached hydrogen (secondary N) is 1. The summed E-state index contributed by atoms with van der Waals surface area (Å²) in [5.41, 5.74) is 2.34. The molecule has 0 unspecified atom stereocenters. The summed E-state index contributed by atoms with van der Waals surface area (Å²) in [6.45, 7) is 3.38. The van der Waals surface area contributed by atoms with Gasteiger partial charge in [-0.05, 0) is 41.8 Å². The van der Waals surface area contributed by atoms with Gasteiger partial charge in [-0.2, -0.15) is 13.2 Å². The van der Waals surface area contributed by atoms with E-state index in [1.807, 2.05) is 24.3 Å². The smallest absolute Gasteiger partial charge is 0.309 e. The van der Waals surface area contributed by atoms with E-state index in [1.165, 1.54) is 31.4 Å². The Bertz CT molecular complexity index is 734. The minimum atomic E-state index is -4.29. The molecule has 0 saturated carbocycles.